The zero-order valence-corrected chi connectivity index (χ0v) is 14.6. The molecule has 124 valence electrons. The second kappa shape index (κ2) is 6.10. The molecule has 0 spiro atoms. The molecule has 4 aromatic rings. The fraction of sp³-hybridized carbons (Fsp3) is 0.111. The van der Waals surface area contributed by atoms with Crippen LogP contribution in [0.5, 0.6) is 0 Å². The van der Waals surface area contributed by atoms with Crippen molar-refractivity contribution in [3.8, 4) is 11.4 Å². The number of pyridine rings is 1. The van der Waals surface area contributed by atoms with Gasteiger partial charge >= 0.3 is 0 Å². The van der Waals surface area contributed by atoms with E-state index < -0.39 is 0 Å². The highest BCUT2D eigenvalue weighted by Crippen LogP contribution is 2.15. The lowest BCUT2D eigenvalue weighted by molar-refractivity contribution is 0.936. The quantitative estimate of drug-likeness (QED) is 0.565. The molecule has 0 saturated heterocycles. The summed E-state index contributed by atoms with van der Waals surface area (Å²) in [6.07, 6.45) is 5.23. The van der Waals surface area contributed by atoms with E-state index in [9.17, 15) is 4.79 Å². The molecule has 4 rings (SSSR count). The summed E-state index contributed by atoms with van der Waals surface area (Å²) in [4.78, 5) is 23.6. The van der Waals surface area contributed by atoms with E-state index in [4.69, 9.17) is 0 Å². The maximum atomic E-state index is 12.6. The molecule has 0 radical (unpaired) electrons. The smallest absolute Gasteiger partial charge is 0.291 e. The number of hydrogen-bond donors (Lipinski definition) is 0. The molecule has 0 atom stereocenters. The fourth-order valence-electron chi connectivity index (χ4n) is 2.48. The van der Waals surface area contributed by atoms with Gasteiger partial charge in [-0.3, -0.25) is 9.78 Å². The minimum atomic E-state index is -0.149. The Morgan fingerprint density at radius 3 is 2.44 bits per heavy atom. The Hall–Kier alpha value is -3.06. The van der Waals surface area contributed by atoms with Gasteiger partial charge in [-0.15, -0.1) is 5.10 Å². The summed E-state index contributed by atoms with van der Waals surface area (Å²) in [7, 11) is 3.99. The van der Waals surface area contributed by atoms with Crippen molar-refractivity contribution in [3.63, 3.8) is 0 Å². The first-order chi connectivity index (χ1) is 12.1. The van der Waals surface area contributed by atoms with Gasteiger partial charge < -0.3 is 4.90 Å². The zero-order chi connectivity index (χ0) is 17.4. The molecule has 1 aromatic carbocycles. The van der Waals surface area contributed by atoms with Crippen molar-refractivity contribution in [2.45, 2.75) is 0 Å². The van der Waals surface area contributed by atoms with Crippen LogP contribution in [0.3, 0.4) is 0 Å². The van der Waals surface area contributed by atoms with Crippen LogP contribution in [-0.2, 0) is 0 Å². The lowest BCUT2D eigenvalue weighted by Gasteiger charge is -2.11. The molecule has 0 saturated carbocycles. The molecule has 3 aromatic heterocycles. The average molecular weight is 349 g/mol. The first-order valence-electron chi connectivity index (χ1n) is 7.71. The molecule has 0 amide bonds. The van der Waals surface area contributed by atoms with E-state index in [0.717, 1.165) is 16.8 Å². The second-order valence-electron chi connectivity index (χ2n) is 5.77. The Morgan fingerprint density at radius 2 is 1.80 bits per heavy atom. The lowest BCUT2D eigenvalue weighted by Crippen LogP contribution is -2.23. The van der Waals surface area contributed by atoms with Crippen molar-refractivity contribution < 1.29 is 0 Å². The van der Waals surface area contributed by atoms with E-state index in [1.54, 1.807) is 12.4 Å². The van der Waals surface area contributed by atoms with E-state index in [0.29, 0.717) is 15.3 Å². The Balaban J connectivity index is 1.75. The molecule has 0 aliphatic carbocycles. The molecule has 25 heavy (non-hydrogen) atoms. The summed E-state index contributed by atoms with van der Waals surface area (Å²) in [5.74, 6) is 0.535. The molecule has 0 aliphatic rings. The largest absolute Gasteiger partial charge is 0.378 e. The van der Waals surface area contributed by atoms with Crippen LogP contribution in [0, 0.1) is 0 Å². The topological polar surface area (TPSA) is 63.4 Å². The average Bonchev–Trinajstić information content (AvgIpc) is 3.16. The van der Waals surface area contributed by atoms with E-state index >= 15 is 0 Å². The Labute approximate surface area is 147 Å². The van der Waals surface area contributed by atoms with Crippen LogP contribution in [0.2, 0.25) is 0 Å². The van der Waals surface area contributed by atoms with Gasteiger partial charge in [0.15, 0.2) is 5.82 Å². The molecular formula is C18H15N5OS. The molecule has 6 nitrogen and oxygen atoms in total. The third kappa shape index (κ3) is 2.89. The summed E-state index contributed by atoms with van der Waals surface area (Å²) in [6, 6.07) is 11.7. The van der Waals surface area contributed by atoms with E-state index in [1.165, 1.54) is 15.9 Å². The van der Waals surface area contributed by atoms with Gasteiger partial charge in [-0.2, -0.15) is 9.50 Å². The number of rotatable bonds is 3. The van der Waals surface area contributed by atoms with Gasteiger partial charge in [-0.05, 0) is 35.9 Å². The Kier molecular flexibility index (Phi) is 3.77. The summed E-state index contributed by atoms with van der Waals surface area (Å²) in [6.45, 7) is 0. The fourth-order valence-corrected chi connectivity index (χ4v) is 3.38. The van der Waals surface area contributed by atoms with Gasteiger partial charge in [-0.25, -0.2) is 0 Å². The molecule has 0 unspecified atom stereocenters. The summed E-state index contributed by atoms with van der Waals surface area (Å²) in [5, 5.41) is 4.33. The highest BCUT2D eigenvalue weighted by Gasteiger charge is 2.11. The van der Waals surface area contributed by atoms with Crippen LogP contribution in [0.15, 0.2) is 53.6 Å². The number of anilines is 1. The first-order valence-corrected chi connectivity index (χ1v) is 8.52. The van der Waals surface area contributed by atoms with Crippen LogP contribution < -0.4 is 15.0 Å². The highest BCUT2D eigenvalue weighted by atomic mass is 32.1. The summed E-state index contributed by atoms with van der Waals surface area (Å²) in [5.41, 5.74) is 2.78. The van der Waals surface area contributed by atoms with Crippen molar-refractivity contribution in [2.24, 2.45) is 0 Å². The van der Waals surface area contributed by atoms with E-state index in [-0.39, 0.29) is 5.56 Å². The van der Waals surface area contributed by atoms with Crippen molar-refractivity contribution in [2.75, 3.05) is 19.0 Å². The first kappa shape index (κ1) is 15.5. The number of nitrogens with zero attached hydrogens (tertiary/aromatic N) is 5. The number of fused-ring (bicyclic) bond motifs is 1. The molecule has 0 N–H and O–H groups in total. The third-order valence-electron chi connectivity index (χ3n) is 3.83. The molecule has 0 aliphatic heterocycles. The number of hydrogen-bond acceptors (Lipinski definition) is 6. The van der Waals surface area contributed by atoms with Crippen molar-refractivity contribution in [3.05, 3.63) is 69.2 Å². The molecule has 0 bridgehead atoms. The predicted octanol–water partition coefficient (Wildman–Crippen LogP) is 1.83. The summed E-state index contributed by atoms with van der Waals surface area (Å²) >= 11 is 1.34. The molecule has 3 heterocycles. The summed E-state index contributed by atoms with van der Waals surface area (Å²) < 4.78 is 1.98. The minimum absolute atomic E-state index is 0.149. The van der Waals surface area contributed by atoms with Crippen molar-refractivity contribution in [1.29, 1.82) is 0 Å². The van der Waals surface area contributed by atoms with Crippen LogP contribution in [0.1, 0.15) is 5.56 Å². The zero-order valence-electron chi connectivity index (χ0n) is 13.7. The monoisotopic (exact) mass is 349 g/mol. The van der Waals surface area contributed by atoms with Gasteiger partial charge in [0.05, 0.1) is 4.53 Å². The maximum Gasteiger partial charge on any atom is 0.291 e. The predicted molar refractivity (Wildman–Crippen MR) is 99.9 cm³/mol. The number of aromatic nitrogens is 4. The standard InChI is InChI=1S/C18H15N5OS/c1-22(2)14-5-3-12(4-6-14)11-15-17(24)23-18(25-15)20-16(21-23)13-7-9-19-10-8-13/h3-11H,1-2H3/b15-11-. The SMILES string of the molecule is CN(C)c1ccc(/C=c2\sc3nc(-c4ccncc4)nn3c2=O)cc1. The minimum Gasteiger partial charge on any atom is -0.378 e. The van der Waals surface area contributed by atoms with Crippen LogP contribution in [0.4, 0.5) is 5.69 Å². The Morgan fingerprint density at radius 1 is 1.08 bits per heavy atom. The van der Waals surface area contributed by atoms with E-state index in [2.05, 4.69) is 15.1 Å². The van der Waals surface area contributed by atoms with Gasteiger partial charge in [0, 0.05) is 37.7 Å². The molecule has 0 fully saturated rings. The second-order valence-corrected chi connectivity index (χ2v) is 6.78. The molecule has 7 heteroatoms. The van der Waals surface area contributed by atoms with Crippen LogP contribution in [0.25, 0.3) is 22.4 Å². The third-order valence-corrected chi connectivity index (χ3v) is 4.79. The van der Waals surface area contributed by atoms with E-state index in [1.807, 2.05) is 61.5 Å². The maximum absolute atomic E-state index is 12.6. The van der Waals surface area contributed by atoms with Crippen molar-refractivity contribution in [1.82, 2.24) is 19.6 Å². The normalized spacial score (nSPS) is 12.0. The van der Waals surface area contributed by atoms with Crippen molar-refractivity contribution >= 4 is 28.1 Å². The highest BCUT2D eigenvalue weighted by molar-refractivity contribution is 7.15. The van der Waals surface area contributed by atoms with Gasteiger partial charge in [-0.1, -0.05) is 23.5 Å². The lowest BCUT2D eigenvalue weighted by atomic mass is 10.2. The van der Waals surface area contributed by atoms with Crippen LogP contribution in [-0.4, -0.2) is 33.7 Å². The van der Waals surface area contributed by atoms with Crippen LogP contribution >= 0.6 is 11.3 Å². The Bertz CT molecular complexity index is 1130. The molecular weight excluding hydrogens is 334 g/mol. The van der Waals surface area contributed by atoms with Gasteiger partial charge in [0.25, 0.3) is 5.56 Å². The number of benzene rings is 1. The number of thiazole rings is 1. The van der Waals surface area contributed by atoms with Gasteiger partial charge in [0.2, 0.25) is 4.96 Å². The van der Waals surface area contributed by atoms with Gasteiger partial charge in [0.1, 0.15) is 0 Å².